The predicted molar refractivity (Wildman–Crippen MR) is 197 cm³/mol. The molecular formula is C44H49NO3. The molecule has 0 saturated carbocycles. The zero-order chi connectivity index (χ0) is 34.9. The van der Waals surface area contributed by atoms with Gasteiger partial charge in [0.2, 0.25) is 0 Å². The summed E-state index contributed by atoms with van der Waals surface area (Å²) in [6.45, 7) is 6.26. The van der Waals surface area contributed by atoms with Crippen LogP contribution < -0.4 is 0 Å². The van der Waals surface area contributed by atoms with E-state index in [1.54, 1.807) is 6.92 Å². The largest absolute Gasteiger partial charge is 0.455 e. The highest BCUT2D eigenvalue weighted by Crippen LogP contribution is 2.13. The summed E-state index contributed by atoms with van der Waals surface area (Å²) >= 11 is 0. The van der Waals surface area contributed by atoms with E-state index in [1.807, 2.05) is 0 Å². The summed E-state index contributed by atoms with van der Waals surface area (Å²) in [5, 5.41) is 9.37. The van der Waals surface area contributed by atoms with Crippen molar-refractivity contribution in [2.45, 2.75) is 117 Å². The lowest BCUT2D eigenvalue weighted by molar-refractivity contribution is -0.137. The minimum atomic E-state index is -0.646. The average molecular weight is 640 g/mol. The molecular weight excluding hydrogens is 590 g/mol. The van der Waals surface area contributed by atoms with Crippen LogP contribution >= 0.6 is 0 Å². The molecule has 0 saturated heterocycles. The number of hydrogen-bond acceptors (Lipinski definition) is 4. The maximum atomic E-state index is 11.8. The molecule has 0 rings (SSSR count). The van der Waals surface area contributed by atoms with Crippen molar-refractivity contribution >= 4 is 5.97 Å². The monoisotopic (exact) mass is 639 g/mol. The van der Waals surface area contributed by atoms with Crippen LogP contribution in [0.2, 0.25) is 0 Å². The fraction of sp³-hybridized carbons (Fsp3) is 0.523. The molecule has 48 heavy (non-hydrogen) atoms. The smallest absolute Gasteiger partial charge is 0.385 e. The number of carbonyl (C=O) groups excluding carboxylic acids is 1. The van der Waals surface area contributed by atoms with Crippen LogP contribution in [0.25, 0.3) is 0 Å². The first-order valence-corrected chi connectivity index (χ1v) is 17.2. The molecule has 0 aromatic carbocycles. The van der Waals surface area contributed by atoms with Gasteiger partial charge in [0.05, 0.1) is 6.61 Å². The molecule has 0 heterocycles. The van der Waals surface area contributed by atoms with Crippen LogP contribution in [0.5, 0.6) is 0 Å². The number of carbonyl (C=O) groups is 1. The highest BCUT2D eigenvalue weighted by atomic mass is 16.5. The first-order valence-electron chi connectivity index (χ1n) is 17.2. The molecule has 0 aromatic rings. The van der Waals surface area contributed by atoms with E-state index in [1.165, 1.54) is 96.3 Å². The summed E-state index contributed by atoms with van der Waals surface area (Å²) in [7, 11) is 0. The molecule has 0 aromatic heterocycles. The summed E-state index contributed by atoms with van der Waals surface area (Å²) in [6.07, 6.45) is 21.4. The van der Waals surface area contributed by atoms with Crippen LogP contribution in [0.15, 0.2) is 0 Å². The lowest BCUT2D eigenvalue weighted by Gasteiger charge is -2.20. The fourth-order valence-electron chi connectivity index (χ4n) is 4.31. The fourth-order valence-corrected chi connectivity index (χ4v) is 4.31. The summed E-state index contributed by atoms with van der Waals surface area (Å²) in [5.74, 6) is 49.5. The van der Waals surface area contributed by atoms with Crippen molar-refractivity contribution in [3.8, 4) is 118 Å². The third-order valence-electron chi connectivity index (χ3n) is 6.74. The first-order chi connectivity index (χ1) is 23.7. The molecule has 0 fully saturated rings. The van der Waals surface area contributed by atoms with E-state index in [2.05, 4.69) is 130 Å². The minimum Gasteiger partial charge on any atom is -0.455 e. The zero-order valence-corrected chi connectivity index (χ0v) is 29.1. The maximum absolute atomic E-state index is 11.8. The van der Waals surface area contributed by atoms with Crippen molar-refractivity contribution in [2.75, 3.05) is 32.8 Å². The Hall–Kier alpha value is -5.01. The number of rotatable bonds is 22. The number of ether oxygens (including phenoxy) is 1. The van der Waals surface area contributed by atoms with Crippen LogP contribution in [0.4, 0.5) is 0 Å². The van der Waals surface area contributed by atoms with E-state index >= 15 is 0 Å². The summed E-state index contributed by atoms with van der Waals surface area (Å²) < 4.78 is 5.18. The number of esters is 1. The maximum Gasteiger partial charge on any atom is 0.385 e. The van der Waals surface area contributed by atoms with Crippen LogP contribution in [0.1, 0.15) is 117 Å². The molecule has 0 atom stereocenters. The Labute approximate surface area is 292 Å². The Morgan fingerprint density at radius 3 is 1.21 bits per heavy atom. The topological polar surface area (TPSA) is 49.8 Å². The van der Waals surface area contributed by atoms with Gasteiger partial charge in [0.1, 0.15) is 6.61 Å². The van der Waals surface area contributed by atoms with Gasteiger partial charge in [-0.2, -0.15) is 0 Å². The van der Waals surface area contributed by atoms with Gasteiger partial charge in [0.25, 0.3) is 0 Å². The van der Waals surface area contributed by atoms with Crippen LogP contribution in [-0.4, -0.2) is 48.8 Å². The van der Waals surface area contributed by atoms with Gasteiger partial charge < -0.3 is 9.84 Å². The summed E-state index contributed by atoms with van der Waals surface area (Å²) in [6, 6.07) is 0. The second kappa shape index (κ2) is 38.2. The van der Waals surface area contributed by atoms with Crippen molar-refractivity contribution in [1.29, 1.82) is 0 Å². The third-order valence-corrected chi connectivity index (χ3v) is 6.74. The van der Waals surface area contributed by atoms with Crippen molar-refractivity contribution in [1.82, 2.24) is 4.90 Å². The molecule has 0 aliphatic heterocycles. The Kier molecular flexibility index (Phi) is 34.2. The van der Waals surface area contributed by atoms with E-state index < -0.39 is 5.97 Å². The van der Waals surface area contributed by atoms with Crippen molar-refractivity contribution in [3.05, 3.63) is 0 Å². The molecule has 4 heteroatoms. The summed E-state index contributed by atoms with van der Waals surface area (Å²) in [5.41, 5.74) is 0. The van der Waals surface area contributed by atoms with E-state index in [-0.39, 0.29) is 13.2 Å². The van der Waals surface area contributed by atoms with E-state index in [0.717, 1.165) is 13.0 Å². The Balaban J connectivity index is 4.04. The van der Waals surface area contributed by atoms with Gasteiger partial charge in [0, 0.05) is 30.9 Å². The lowest BCUT2D eigenvalue weighted by Crippen LogP contribution is -2.32. The third kappa shape index (κ3) is 35.5. The molecule has 0 amide bonds. The molecule has 1 N–H and O–H groups in total. The second-order valence-corrected chi connectivity index (χ2v) is 10.6. The van der Waals surface area contributed by atoms with Gasteiger partial charge in [-0.05, 0) is 115 Å². The second-order valence-electron chi connectivity index (χ2n) is 10.6. The molecule has 0 spiro atoms. The molecule has 0 unspecified atom stereocenters. The molecule has 248 valence electrons. The summed E-state index contributed by atoms with van der Waals surface area (Å²) in [4.78, 5) is 14.0. The van der Waals surface area contributed by atoms with Gasteiger partial charge in [-0.3, -0.25) is 4.90 Å². The van der Waals surface area contributed by atoms with Crippen molar-refractivity contribution < 1.29 is 14.6 Å². The van der Waals surface area contributed by atoms with Crippen molar-refractivity contribution in [2.24, 2.45) is 0 Å². The Bertz CT molecular complexity index is 1550. The quantitative estimate of drug-likeness (QED) is 0.0670. The predicted octanol–water partition coefficient (Wildman–Crippen LogP) is 6.14. The molecule has 0 radical (unpaired) electrons. The average Bonchev–Trinajstić information content (AvgIpc) is 3.09. The van der Waals surface area contributed by atoms with Crippen LogP contribution in [-0.2, 0) is 9.53 Å². The zero-order valence-electron chi connectivity index (χ0n) is 29.1. The standard InChI is InChI=1S/C44H49NO3/c1-3-5-7-9-11-13-15-17-19-21-22-23-24-26-28-30-32-34-36-38-44(47)48-43-41-45(40-42-46)39-37-35-33-31-29-27-25-20-18-16-14-12-10-8-6-4-2/h46H,4,6,8,10,12,14,16,18,20,25,27,29,31,33,35,37,39-43H2,1-2H3. The van der Waals surface area contributed by atoms with Crippen LogP contribution in [0.3, 0.4) is 0 Å². The number of nitrogens with zero attached hydrogens (tertiary/aromatic N) is 1. The molecule has 0 aliphatic carbocycles. The highest BCUT2D eigenvalue weighted by molar-refractivity contribution is 5.89. The van der Waals surface area contributed by atoms with E-state index in [4.69, 9.17) is 4.74 Å². The Morgan fingerprint density at radius 1 is 0.479 bits per heavy atom. The van der Waals surface area contributed by atoms with Gasteiger partial charge in [-0.15, -0.1) is 0 Å². The van der Waals surface area contributed by atoms with E-state index in [0.29, 0.717) is 13.1 Å². The van der Waals surface area contributed by atoms with E-state index in [9.17, 15) is 9.90 Å². The SMILES string of the molecule is CC#CC#CC#CC#CC#CC#CC#CC#CC#CC#CC(=O)OCCN(CCO)CCCCCCCCCCCCCCCCCC. The van der Waals surface area contributed by atoms with Gasteiger partial charge >= 0.3 is 5.97 Å². The number of unbranched alkanes of at least 4 members (excludes halogenated alkanes) is 15. The van der Waals surface area contributed by atoms with Gasteiger partial charge in [0.15, 0.2) is 0 Å². The number of hydrogen-bond donors (Lipinski definition) is 1. The molecule has 0 aliphatic rings. The normalized spacial score (nSPS) is 8.25. The number of aliphatic hydroxyl groups excluding tert-OH is 1. The Morgan fingerprint density at radius 2 is 0.833 bits per heavy atom. The lowest BCUT2D eigenvalue weighted by atomic mass is 10.0. The first kappa shape index (κ1) is 43.0. The minimum absolute atomic E-state index is 0.0760. The molecule has 0 bridgehead atoms. The van der Waals surface area contributed by atoms with Crippen LogP contribution in [0, 0.1) is 118 Å². The highest BCUT2D eigenvalue weighted by Gasteiger charge is 2.06. The molecule has 4 nitrogen and oxygen atoms in total. The van der Waals surface area contributed by atoms with Gasteiger partial charge in [-0.25, -0.2) is 4.79 Å². The van der Waals surface area contributed by atoms with Gasteiger partial charge in [-0.1, -0.05) is 109 Å². The van der Waals surface area contributed by atoms with Crippen molar-refractivity contribution in [3.63, 3.8) is 0 Å². The number of aliphatic hydroxyl groups is 1.